The van der Waals surface area contributed by atoms with E-state index in [0.717, 1.165) is 16.3 Å². The number of hydrogen-bond acceptors (Lipinski definition) is 4. The minimum Gasteiger partial charge on any atom is -0.286 e. The van der Waals surface area contributed by atoms with Crippen LogP contribution in [-0.2, 0) is 0 Å². The molecule has 0 aromatic carbocycles. The quantitative estimate of drug-likeness (QED) is 0.828. The van der Waals surface area contributed by atoms with Gasteiger partial charge in [0, 0.05) is 5.56 Å². The van der Waals surface area contributed by atoms with Crippen LogP contribution in [0.25, 0.3) is 0 Å². The van der Waals surface area contributed by atoms with Gasteiger partial charge in [0.15, 0.2) is 5.03 Å². The number of thioether (sulfide) groups is 1. The van der Waals surface area contributed by atoms with Crippen molar-refractivity contribution in [1.82, 2.24) is 0 Å². The molecule has 4 nitrogen and oxygen atoms in total. The number of H-pyrrole nitrogens is 1. The molecular formula is C12H15N4S+. The van der Waals surface area contributed by atoms with Crippen molar-refractivity contribution >= 4 is 17.6 Å². The molecule has 0 radical (unpaired) electrons. The second-order valence-corrected chi connectivity index (χ2v) is 5.12. The fourth-order valence-electron chi connectivity index (χ4n) is 1.70. The molecule has 3 N–H and O–H groups in total. The topological polar surface area (TPSA) is 87.7 Å². The number of pyridine rings is 1. The van der Waals surface area contributed by atoms with E-state index in [9.17, 15) is 5.26 Å². The predicted molar refractivity (Wildman–Crippen MR) is 67.3 cm³/mol. The number of nitriles is 2. The molecule has 0 amide bonds. The zero-order valence-corrected chi connectivity index (χ0v) is 11.0. The molecule has 0 aliphatic carbocycles. The Morgan fingerprint density at radius 3 is 2.29 bits per heavy atom. The summed E-state index contributed by atoms with van der Waals surface area (Å²) >= 11 is 1.52. The van der Waals surface area contributed by atoms with E-state index in [4.69, 9.17) is 11.0 Å². The molecule has 0 saturated carbocycles. The van der Waals surface area contributed by atoms with Crippen LogP contribution in [0.15, 0.2) is 5.03 Å². The van der Waals surface area contributed by atoms with Crippen LogP contribution in [-0.4, -0.2) is 5.75 Å². The molecule has 0 spiro atoms. The summed E-state index contributed by atoms with van der Waals surface area (Å²) in [5.74, 6) is 1.27. The first-order valence-electron chi connectivity index (χ1n) is 5.38. The van der Waals surface area contributed by atoms with Crippen LogP contribution in [0, 0.1) is 22.7 Å². The van der Waals surface area contributed by atoms with Crippen LogP contribution in [0.2, 0.25) is 0 Å². The van der Waals surface area contributed by atoms with Gasteiger partial charge in [-0.15, -0.1) is 0 Å². The van der Waals surface area contributed by atoms with Crippen LogP contribution in [0.3, 0.4) is 0 Å². The summed E-state index contributed by atoms with van der Waals surface area (Å²) in [6.45, 7) is 5.91. The molecule has 1 aromatic rings. The van der Waals surface area contributed by atoms with Crippen LogP contribution >= 0.6 is 11.8 Å². The summed E-state index contributed by atoms with van der Waals surface area (Å²) in [4.78, 5) is 2.94. The summed E-state index contributed by atoms with van der Waals surface area (Å²) in [7, 11) is 0. The first-order valence-corrected chi connectivity index (χ1v) is 6.36. The van der Waals surface area contributed by atoms with Crippen LogP contribution in [0.5, 0.6) is 0 Å². The van der Waals surface area contributed by atoms with E-state index in [-0.39, 0.29) is 5.92 Å². The predicted octanol–water partition coefficient (Wildman–Crippen LogP) is 2.06. The Morgan fingerprint density at radius 1 is 1.29 bits per heavy atom. The maximum atomic E-state index is 9.25. The number of nitrogens with two attached hydrogens (primary N) is 1. The number of nitrogens with one attached hydrogen (secondary N) is 1. The summed E-state index contributed by atoms with van der Waals surface area (Å²) in [6.07, 6.45) is 0. The van der Waals surface area contributed by atoms with Gasteiger partial charge in [0.2, 0.25) is 0 Å². The lowest BCUT2D eigenvalue weighted by Crippen LogP contribution is -2.20. The summed E-state index contributed by atoms with van der Waals surface area (Å²) in [6, 6.07) is 4.25. The second kappa shape index (κ2) is 5.56. The number of anilines is 1. The van der Waals surface area contributed by atoms with Gasteiger partial charge in [0.25, 0.3) is 5.82 Å². The summed E-state index contributed by atoms with van der Waals surface area (Å²) < 4.78 is 0. The van der Waals surface area contributed by atoms with Gasteiger partial charge in [0.05, 0.1) is 0 Å². The molecule has 0 unspecified atom stereocenters. The van der Waals surface area contributed by atoms with Gasteiger partial charge in [-0.05, 0) is 11.7 Å². The molecule has 0 bridgehead atoms. The smallest absolute Gasteiger partial charge is 0.286 e. The highest BCUT2D eigenvalue weighted by molar-refractivity contribution is 7.99. The monoisotopic (exact) mass is 247 g/mol. The van der Waals surface area contributed by atoms with E-state index >= 15 is 0 Å². The van der Waals surface area contributed by atoms with Gasteiger partial charge in [-0.2, -0.15) is 10.5 Å². The number of nitrogens with zero attached hydrogens (tertiary/aromatic N) is 2. The first kappa shape index (κ1) is 13.3. The summed E-state index contributed by atoms with van der Waals surface area (Å²) in [5, 5.41) is 19.1. The Kier molecular flexibility index (Phi) is 4.37. The fraction of sp³-hybridized carbons (Fsp3) is 0.417. The van der Waals surface area contributed by atoms with E-state index in [2.05, 4.69) is 17.1 Å². The SMILES string of the molecule is CCSc1[nH+]c(N)c(C#N)c(C(C)C)c1C#N. The third-order valence-electron chi connectivity index (χ3n) is 2.37. The standard InChI is InChI=1S/C12H14N4S/c1-4-17-12-9(6-14)10(7(2)3)8(5-13)11(15)16-12/h7H,4H2,1-3H3,(H2,15,16)/p+1. The zero-order valence-electron chi connectivity index (χ0n) is 10.2. The van der Waals surface area contributed by atoms with Crippen LogP contribution < -0.4 is 10.7 Å². The van der Waals surface area contributed by atoms with Crippen LogP contribution in [0.1, 0.15) is 43.4 Å². The fourth-order valence-corrected chi connectivity index (χ4v) is 2.47. The van der Waals surface area contributed by atoms with E-state index in [1.807, 2.05) is 20.8 Å². The highest BCUT2D eigenvalue weighted by Gasteiger charge is 2.23. The van der Waals surface area contributed by atoms with E-state index in [0.29, 0.717) is 16.9 Å². The normalized spacial score (nSPS) is 10.0. The molecule has 0 aliphatic rings. The number of rotatable bonds is 3. The lowest BCUT2D eigenvalue weighted by molar-refractivity contribution is -0.410. The Balaban J connectivity index is 3.62. The molecule has 5 heteroatoms. The maximum absolute atomic E-state index is 9.25. The van der Waals surface area contributed by atoms with E-state index < -0.39 is 0 Å². The third kappa shape index (κ3) is 2.51. The lowest BCUT2D eigenvalue weighted by atomic mass is 9.94. The van der Waals surface area contributed by atoms with Crippen molar-refractivity contribution in [3.8, 4) is 12.1 Å². The van der Waals surface area contributed by atoms with Gasteiger partial charge >= 0.3 is 0 Å². The molecule has 0 atom stereocenters. The molecular weight excluding hydrogens is 232 g/mol. The molecule has 1 aromatic heterocycles. The van der Waals surface area contributed by atoms with Gasteiger partial charge in [-0.1, -0.05) is 32.5 Å². The molecule has 1 heterocycles. The minimum atomic E-state index is 0.0902. The Labute approximate surface area is 105 Å². The Hall–Kier alpha value is -1.72. The molecule has 88 valence electrons. The zero-order chi connectivity index (χ0) is 13.0. The van der Waals surface area contributed by atoms with Gasteiger partial charge < -0.3 is 0 Å². The molecule has 0 aliphatic heterocycles. The molecule has 0 saturated heterocycles. The maximum Gasteiger partial charge on any atom is 0.289 e. The largest absolute Gasteiger partial charge is 0.289 e. The van der Waals surface area contributed by atoms with Crippen molar-refractivity contribution in [2.24, 2.45) is 0 Å². The van der Waals surface area contributed by atoms with Gasteiger partial charge in [0.1, 0.15) is 23.3 Å². The van der Waals surface area contributed by atoms with Crippen molar-refractivity contribution in [3.05, 3.63) is 16.7 Å². The lowest BCUT2D eigenvalue weighted by Gasteiger charge is -2.11. The van der Waals surface area contributed by atoms with Crippen molar-refractivity contribution in [2.45, 2.75) is 31.7 Å². The van der Waals surface area contributed by atoms with Crippen molar-refractivity contribution < 1.29 is 4.98 Å². The third-order valence-corrected chi connectivity index (χ3v) is 3.26. The average Bonchev–Trinajstić information content (AvgIpc) is 2.28. The molecule has 0 fully saturated rings. The Bertz CT molecular complexity index is 509. The average molecular weight is 247 g/mol. The van der Waals surface area contributed by atoms with Crippen molar-refractivity contribution in [3.63, 3.8) is 0 Å². The highest BCUT2D eigenvalue weighted by atomic mass is 32.2. The molecule has 17 heavy (non-hydrogen) atoms. The van der Waals surface area contributed by atoms with Crippen LogP contribution in [0.4, 0.5) is 5.82 Å². The minimum absolute atomic E-state index is 0.0902. The highest BCUT2D eigenvalue weighted by Crippen LogP contribution is 2.30. The van der Waals surface area contributed by atoms with E-state index in [1.54, 1.807) is 0 Å². The number of aromatic nitrogens is 1. The number of hydrogen-bond donors (Lipinski definition) is 1. The molecule has 1 rings (SSSR count). The number of aromatic amines is 1. The Morgan fingerprint density at radius 2 is 1.88 bits per heavy atom. The second-order valence-electron chi connectivity index (χ2n) is 3.84. The summed E-state index contributed by atoms with van der Waals surface area (Å²) in [5.41, 5.74) is 7.49. The van der Waals surface area contributed by atoms with Gasteiger partial charge in [-0.25, -0.2) is 4.98 Å². The van der Waals surface area contributed by atoms with Crippen molar-refractivity contribution in [1.29, 1.82) is 10.5 Å². The van der Waals surface area contributed by atoms with Gasteiger partial charge in [-0.3, -0.25) is 5.73 Å². The number of nitrogen functional groups attached to an aromatic ring is 1. The van der Waals surface area contributed by atoms with Crippen molar-refractivity contribution in [2.75, 3.05) is 11.5 Å². The first-order chi connectivity index (χ1) is 8.06. The van der Waals surface area contributed by atoms with E-state index in [1.165, 1.54) is 11.8 Å².